The molecule has 8 nitrogen and oxygen atoms in total. The second kappa shape index (κ2) is 13.7. The van der Waals surface area contributed by atoms with Crippen molar-refractivity contribution in [2.45, 2.75) is 154 Å². The normalized spacial score (nSPS) is 42.4. The van der Waals surface area contributed by atoms with Gasteiger partial charge in [0.25, 0.3) is 0 Å². The number of ether oxygens (including phenoxy) is 1. The number of fused-ring (bicyclic) bond motifs is 2. The minimum Gasteiger partial charge on any atom is -0.508 e. The number of benzene rings is 2. The molecule has 1 heterocycles. The first kappa shape index (κ1) is 40.4. The monoisotopic (exact) mass is 793 g/mol. The van der Waals surface area contributed by atoms with Crippen LogP contribution in [0.1, 0.15) is 141 Å². The van der Waals surface area contributed by atoms with E-state index in [-0.39, 0.29) is 63.3 Å². The Morgan fingerprint density at radius 2 is 1.74 bits per heavy atom. The van der Waals surface area contributed by atoms with Crippen LogP contribution in [0.3, 0.4) is 0 Å². The number of anilines is 1. The Balaban J connectivity index is 1.02. The number of nitrogens with two attached hydrogens (primary N) is 1. The predicted molar refractivity (Wildman–Crippen MR) is 226 cm³/mol. The number of phenolic OH excluding ortho intramolecular Hbond substituents is 1. The molecule has 58 heavy (non-hydrogen) atoms. The SMILES string of the molecule is CNCc1cc(O)cc([C@H]2C[C@@]3(C)[C@H]4CCC5=C([C@H](C)C[C@@H](O)[C@H]6O[C@]6(C)[C@@H]6CCC[C@H]6c6cccc(N)c6)C(=O)[C@@H]6CCC[C@@]4(C[C@H](O)[C@H]3C(C)(C)C2=O)[C@]56C)c1. The van der Waals surface area contributed by atoms with Gasteiger partial charge in [0.1, 0.15) is 17.6 Å². The van der Waals surface area contributed by atoms with Crippen LogP contribution in [0.5, 0.6) is 5.75 Å². The van der Waals surface area contributed by atoms with Crippen molar-refractivity contribution in [2.75, 3.05) is 12.8 Å². The van der Waals surface area contributed by atoms with Crippen LogP contribution in [0, 0.1) is 51.2 Å². The molecule has 6 fully saturated rings. The molecular weight excluding hydrogens is 725 g/mol. The molecule has 2 aromatic rings. The number of carbonyl (C=O) groups is 2. The third-order valence-corrected chi connectivity index (χ3v) is 18.3. The van der Waals surface area contributed by atoms with Gasteiger partial charge >= 0.3 is 0 Å². The highest BCUT2D eigenvalue weighted by molar-refractivity contribution is 6.03. The van der Waals surface area contributed by atoms with E-state index in [0.717, 1.165) is 73.8 Å². The number of aromatic hydroxyl groups is 1. The Morgan fingerprint density at radius 1 is 0.966 bits per heavy atom. The number of ketones is 2. The molecule has 7 aliphatic rings. The van der Waals surface area contributed by atoms with Crippen molar-refractivity contribution >= 4 is 17.3 Å². The highest BCUT2D eigenvalue weighted by Crippen LogP contribution is 2.78. The van der Waals surface area contributed by atoms with Crippen LogP contribution in [-0.2, 0) is 20.9 Å². The number of aliphatic hydroxyl groups is 2. The molecule has 6 N–H and O–H groups in total. The van der Waals surface area contributed by atoms with E-state index in [0.29, 0.717) is 37.6 Å². The van der Waals surface area contributed by atoms with Crippen molar-refractivity contribution in [2.24, 2.45) is 51.2 Å². The molecule has 1 aliphatic heterocycles. The number of phenols is 1. The van der Waals surface area contributed by atoms with E-state index >= 15 is 0 Å². The molecule has 0 radical (unpaired) electrons. The van der Waals surface area contributed by atoms with Crippen LogP contribution >= 0.6 is 0 Å². The average molecular weight is 793 g/mol. The van der Waals surface area contributed by atoms with E-state index in [1.54, 1.807) is 12.1 Å². The maximum Gasteiger partial charge on any atom is 0.163 e. The minimum absolute atomic E-state index is 0.111. The van der Waals surface area contributed by atoms with Gasteiger partial charge in [-0.25, -0.2) is 0 Å². The van der Waals surface area contributed by atoms with E-state index < -0.39 is 29.1 Å². The Hall–Kier alpha value is -3.04. The fourth-order valence-electron chi connectivity index (χ4n) is 16.3. The van der Waals surface area contributed by atoms with Crippen LogP contribution in [0.2, 0.25) is 0 Å². The molecule has 14 atom stereocenters. The number of hydrogen-bond donors (Lipinski definition) is 5. The lowest BCUT2D eigenvalue weighted by Crippen LogP contribution is -2.69. The Kier molecular flexibility index (Phi) is 9.56. The number of allylic oxidation sites excluding steroid dienone is 2. The molecule has 5 saturated carbocycles. The van der Waals surface area contributed by atoms with Gasteiger partial charge in [-0.3, -0.25) is 9.59 Å². The molecule has 2 aromatic carbocycles. The van der Waals surface area contributed by atoms with E-state index in [2.05, 4.69) is 51.2 Å². The van der Waals surface area contributed by atoms with Crippen molar-refractivity contribution in [3.8, 4) is 5.75 Å². The molecule has 0 aromatic heterocycles. The summed E-state index contributed by atoms with van der Waals surface area (Å²) in [7, 11) is 1.88. The summed E-state index contributed by atoms with van der Waals surface area (Å²) < 4.78 is 6.50. The molecule has 314 valence electrons. The Labute approximate surface area is 345 Å². The summed E-state index contributed by atoms with van der Waals surface area (Å²) in [5, 5.41) is 38.5. The summed E-state index contributed by atoms with van der Waals surface area (Å²) in [5.74, 6) is 0.618. The molecule has 0 bridgehead atoms. The van der Waals surface area contributed by atoms with E-state index in [1.807, 2.05) is 33.0 Å². The average Bonchev–Trinajstić information content (AvgIpc) is 3.49. The fraction of sp³-hybridized carbons (Fsp3) is 0.680. The van der Waals surface area contributed by atoms with E-state index in [4.69, 9.17) is 10.5 Å². The van der Waals surface area contributed by atoms with Gasteiger partial charge in [0.2, 0.25) is 0 Å². The van der Waals surface area contributed by atoms with Gasteiger partial charge in [0.15, 0.2) is 5.78 Å². The van der Waals surface area contributed by atoms with Crippen LogP contribution in [0.15, 0.2) is 53.6 Å². The second-order valence-electron chi connectivity index (χ2n) is 21.5. The molecular formula is C50H68N2O6. The van der Waals surface area contributed by atoms with Gasteiger partial charge in [0.05, 0.1) is 17.8 Å². The number of Topliss-reactive ketones (excluding diaryl/α,β-unsaturated/α-hetero) is 2. The van der Waals surface area contributed by atoms with Crippen LogP contribution < -0.4 is 11.1 Å². The quantitative estimate of drug-likeness (QED) is 0.126. The molecule has 0 amide bonds. The summed E-state index contributed by atoms with van der Waals surface area (Å²) in [4.78, 5) is 29.6. The number of hydrogen-bond acceptors (Lipinski definition) is 8. The number of aliphatic hydroxyl groups excluding tert-OH is 2. The molecule has 0 unspecified atom stereocenters. The van der Waals surface area contributed by atoms with Gasteiger partial charge in [0, 0.05) is 40.8 Å². The van der Waals surface area contributed by atoms with Crippen molar-refractivity contribution in [3.05, 3.63) is 70.3 Å². The Morgan fingerprint density at radius 3 is 2.48 bits per heavy atom. The first-order valence-electron chi connectivity index (χ1n) is 22.6. The summed E-state index contributed by atoms with van der Waals surface area (Å²) in [6.45, 7) is 13.7. The smallest absolute Gasteiger partial charge is 0.163 e. The maximum atomic E-state index is 15.0. The van der Waals surface area contributed by atoms with Crippen molar-refractivity contribution in [1.29, 1.82) is 0 Å². The summed E-state index contributed by atoms with van der Waals surface area (Å²) in [5.41, 5.74) is 10.0. The molecule has 1 spiro atoms. The zero-order valence-electron chi connectivity index (χ0n) is 35.9. The van der Waals surface area contributed by atoms with Gasteiger partial charge in [-0.05, 0) is 153 Å². The molecule has 6 aliphatic carbocycles. The maximum absolute atomic E-state index is 15.0. The third-order valence-electron chi connectivity index (χ3n) is 18.3. The predicted octanol–water partition coefficient (Wildman–Crippen LogP) is 8.37. The van der Waals surface area contributed by atoms with Crippen LogP contribution in [0.4, 0.5) is 5.69 Å². The number of carbonyl (C=O) groups excluding carboxylic acids is 2. The summed E-state index contributed by atoms with van der Waals surface area (Å²) in [6, 6.07) is 13.8. The number of nitrogen functional groups attached to an aromatic ring is 1. The highest BCUT2D eigenvalue weighted by atomic mass is 16.6. The van der Waals surface area contributed by atoms with E-state index in [9.17, 15) is 24.9 Å². The van der Waals surface area contributed by atoms with Crippen molar-refractivity contribution < 1.29 is 29.6 Å². The second-order valence-corrected chi connectivity index (χ2v) is 21.5. The lowest BCUT2D eigenvalue weighted by Gasteiger charge is -2.72. The first-order chi connectivity index (χ1) is 27.4. The van der Waals surface area contributed by atoms with E-state index in [1.165, 1.54) is 11.1 Å². The topological polar surface area (TPSA) is 145 Å². The summed E-state index contributed by atoms with van der Waals surface area (Å²) >= 11 is 0. The minimum atomic E-state index is -0.772. The third kappa shape index (κ3) is 5.59. The van der Waals surface area contributed by atoms with Crippen molar-refractivity contribution in [3.63, 3.8) is 0 Å². The van der Waals surface area contributed by atoms with Gasteiger partial charge < -0.3 is 31.1 Å². The zero-order chi connectivity index (χ0) is 41.3. The summed E-state index contributed by atoms with van der Waals surface area (Å²) in [6.07, 6.45) is 7.90. The van der Waals surface area contributed by atoms with Crippen molar-refractivity contribution in [1.82, 2.24) is 5.32 Å². The Bertz CT molecular complexity index is 2040. The highest BCUT2D eigenvalue weighted by Gasteiger charge is 2.75. The largest absolute Gasteiger partial charge is 0.508 e. The lowest BCUT2D eigenvalue weighted by molar-refractivity contribution is -0.239. The zero-order valence-corrected chi connectivity index (χ0v) is 35.9. The van der Waals surface area contributed by atoms with Gasteiger partial charge in [-0.15, -0.1) is 0 Å². The fourth-order valence-corrected chi connectivity index (χ4v) is 16.3. The molecule has 1 saturated heterocycles. The number of nitrogens with one attached hydrogen (secondary N) is 1. The van der Waals surface area contributed by atoms with Crippen LogP contribution in [0.25, 0.3) is 0 Å². The lowest BCUT2D eigenvalue weighted by atomic mass is 9.32. The molecule has 9 rings (SSSR count). The standard InChI is InChI=1S/C50H68N2O6/c1-27(19-38(54)45-49(6,58-45)35-14-9-13-33(35)29-11-8-12-31(51)22-29)41-36-16-17-40-47(4)24-34(30-20-28(26-52-7)21-32(53)23-30)44(57)46(2,3)43(47)39(55)25-50(40)18-10-15-37(42(41)56)48(36,50)5/h8,11-12,20-23,27,33-35,37-40,43,45,52-55H,9-10,13-19,24-26,51H2,1-7H3/t27-,33+,34-,35-,37+,38-,39+,40-,43+,45-,47+,48-,49-,50+/m1/s1. The number of rotatable bonds is 9. The molecule has 8 heteroatoms. The van der Waals surface area contributed by atoms with Gasteiger partial charge in [-0.1, -0.05) is 71.2 Å². The number of epoxide rings is 1. The first-order valence-corrected chi connectivity index (χ1v) is 22.6. The van der Waals surface area contributed by atoms with Crippen LogP contribution in [-0.4, -0.2) is 57.8 Å². The van der Waals surface area contributed by atoms with Gasteiger partial charge in [-0.2, -0.15) is 0 Å².